The molecule has 2 aliphatic rings. The Morgan fingerprint density at radius 1 is 1.26 bits per heavy atom. The van der Waals surface area contributed by atoms with Crippen molar-refractivity contribution < 1.29 is 9.59 Å². The molecule has 2 fully saturated rings. The third-order valence-electron chi connectivity index (χ3n) is 4.09. The molecule has 0 spiro atoms. The van der Waals surface area contributed by atoms with Crippen LogP contribution in [0.25, 0.3) is 0 Å². The lowest BCUT2D eigenvalue weighted by atomic mass is 10.1. The molecule has 100 valence electrons. The minimum atomic E-state index is -0.448. The zero-order chi connectivity index (χ0) is 13.5. The maximum Gasteiger partial charge on any atom is 0.323 e. The van der Waals surface area contributed by atoms with Gasteiger partial charge in [-0.1, -0.05) is 18.2 Å². The van der Waals surface area contributed by atoms with E-state index in [9.17, 15) is 9.59 Å². The highest BCUT2D eigenvalue weighted by molar-refractivity contribution is 5.91. The van der Waals surface area contributed by atoms with Gasteiger partial charge in [-0.05, 0) is 25.5 Å². The maximum atomic E-state index is 12.3. The first-order chi connectivity index (χ1) is 9.11. The highest BCUT2D eigenvalue weighted by atomic mass is 16.2. The van der Waals surface area contributed by atoms with Crippen molar-refractivity contribution in [2.45, 2.75) is 25.4 Å². The minimum absolute atomic E-state index is 0.133. The number of benzene rings is 1. The molecule has 0 aliphatic carbocycles. The van der Waals surface area contributed by atoms with E-state index in [0.29, 0.717) is 25.9 Å². The van der Waals surface area contributed by atoms with Crippen molar-refractivity contribution in [1.29, 1.82) is 0 Å². The molecule has 2 heterocycles. The van der Waals surface area contributed by atoms with Crippen molar-refractivity contribution >= 4 is 17.6 Å². The van der Waals surface area contributed by atoms with E-state index >= 15 is 0 Å². The van der Waals surface area contributed by atoms with E-state index in [1.165, 1.54) is 0 Å². The van der Waals surface area contributed by atoms with Crippen LogP contribution in [-0.4, -0.2) is 40.5 Å². The quantitative estimate of drug-likeness (QED) is 0.837. The molecule has 3 amide bonds. The molecular weight excluding hydrogens is 242 g/mol. The van der Waals surface area contributed by atoms with Crippen LogP contribution in [0.2, 0.25) is 0 Å². The predicted molar refractivity (Wildman–Crippen MR) is 71.5 cm³/mol. The van der Waals surface area contributed by atoms with E-state index in [0.717, 1.165) is 5.69 Å². The van der Waals surface area contributed by atoms with Gasteiger partial charge in [-0.2, -0.15) is 0 Å². The topological polar surface area (TPSA) is 52.7 Å². The fourth-order valence-electron chi connectivity index (χ4n) is 3.00. The largest absolute Gasteiger partial charge is 0.323 e. The van der Waals surface area contributed by atoms with Crippen molar-refractivity contribution in [3.05, 3.63) is 30.3 Å². The molecular formula is C14H17N3O2. The number of nitrogens with zero attached hydrogens (tertiary/aromatic N) is 2. The molecule has 5 heteroatoms. The van der Waals surface area contributed by atoms with Crippen LogP contribution in [0.1, 0.15) is 19.8 Å². The van der Waals surface area contributed by atoms with E-state index in [2.05, 4.69) is 5.32 Å². The molecule has 0 bridgehead atoms. The molecule has 1 aromatic rings. The molecule has 1 atom stereocenters. The maximum absolute atomic E-state index is 12.3. The lowest BCUT2D eigenvalue weighted by molar-refractivity contribution is -0.130. The minimum Gasteiger partial charge on any atom is -0.318 e. The molecule has 1 unspecified atom stereocenters. The summed E-state index contributed by atoms with van der Waals surface area (Å²) < 4.78 is 0. The summed E-state index contributed by atoms with van der Waals surface area (Å²) >= 11 is 0. The monoisotopic (exact) mass is 259 g/mol. The molecule has 2 saturated heterocycles. The summed E-state index contributed by atoms with van der Waals surface area (Å²) in [5.74, 6) is 0.150. The summed E-state index contributed by atoms with van der Waals surface area (Å²) in [5, 5.41) is 2.89. The van der Waals surface area contributed by atoms with Crippen LogP contribution in [0.5, 0.6) is 0 Å². The van der Waals surface area contributed by atoms with Crippen LogP contribution in [-0.2, 0) is 4.79 Å². The normalized spacial score (nSPS) is 25.6. The Bertz CT molecular complexity index is 517. The van der Waals surface area contributed by atoms with Crippen LogP contribution >= 0.6 is 0 Å². The number of fused-ring (bicyclic) bond motifs is 1. The first kappa shape index (κ1) is 12.0. The number of hydrogen-bond acceptors (Lipinski definition) is 2. The fraction of sp³-hybridized carbons (Fsp3) is 0.429. The summed E-state index contributed by atoms with van der Waals surface area (Å²) in [6.45, 7) is 3.20. The second-order valence-electron chi connectivity index (χ2n) is 5.21. The van der Waals surface area contributed by atoms with Crippen molar-refractivity contribution in [2.75, 3.05) is 18.4 Å². The number of nitrogens with one attached hydrogen (secondary N) is 1. The average Bonchev–Trinajstić information content (AvgIpc) is 2.88. The lowest BCUT2D eigenvalue weighted by Gasteiger charge is -2.35. The van der Waals surface area contributed by atoms with Gasteiger partial charge in [0, 0.05) is 25.2 Å². The number of carbonyl (C=O) groups is 2. The van der Waals surface area contributed by atoms with Crippen LogP contribution in [0.4, 0.5) is 10.5 Å². The molecule has 2 aliphatic heterocycles. The van der Waals surface area contributed by atoms with Gasteiger partial charge in [0.15, 0.2) is 0 Å². The van der Waals surface area contributed by atoms with Crippen LogP contribution in [0.3, 0.4) is 0 Å². The van der Waals surface area contributed by atoms with Gasteiger partial charge in [-0.3, -0.25) is 9.69 Å². The number of para-hydroxylation sites is 1. The zero-order valence-corrected chi connectivity index (χ0v) is 10.9. The van der Waals surface area contributed by atoms with Gasteiger partial charge in [0.25, 0.3) is 0 Å². The highest BCUT2D eigenvalue weighted by Crippen LogP contribution is 2.37. The van der Waals surface area contributed by atoms with Crippen LogP contribution in [0, 0.1) is 0 Å². The van der Waals surface area contributed by atoms with Crippen molar-refractivity contribution in [1.82, 2.24) is 9.80 Å². The number of amides is 3. The van der Waals surface area contributed by atoms with Gasteiger partial charge in [0.2, 0.25) is 5.91 Å². The Labute approximate surface area is 112 Å². The third-order valence-corrected chi connectivity index (χ3v) is 4.09. The van der Waals surface area contributed by atoms with Gasteiger partial charge in [0.05, 0.1) is 0 Å². The summed E-state index contributed by atoms with van der Waals surface area (Å²) in [6.07, 6.45) is 1.25. The second-order valence-corrected chi connectivity index (χ2v) is 5.21. The lowest BCUT2D eigenvalue weighted by Crippen LogP contribution is -2.51. The number of rotatable bonds is 1. The average molecular weight is 259 g/mol. The van der Waals surface area contributed by atoms with Gasteiger partial charge >= 0.3 is 6.03 Å². The van der Waals surface area contributed by atoms with E-state index < -0.39 is 5.66 Å². The standard InChI is InChI=1S/C14H17N3O2/c1-14-8-7-12(18)16(14)9-10-17(14)13(19)15-11-5-3-2-4-6-11/h2-6H,7-10H2,1H3,(H,15,19). The number of hydrogen-bond donors (Lipinski definition) is 1. The number of urea groups is 1. The zero-order valence-electron chi connectivity index (χ0n) is 10.9. The summed E-state index contributed by atoms with van der Waals surface area (Å²) in [5.41, 5.74) is 0.328. The molecule has 3 rings (SSSR count). The van der Waals surface area contributed by atoms with Gasteiger partial charge in [0.1, 0.15) is 5.66 Å². The number of carbonyl (C=O) groups excluding carboxylic acids is 2. The summed E-state index contributed by atoms with van der Waals surface area (Å²) in [4.78, 5) is 27.7. The number of anilines is 1. The van der Waals surface area contributed by atoms with Crippen molar-refractivity contribution in [2.24, 2.45) is 0 Å². The van der Waals surface area contributed by atoms with Gasteiger partial charge in [-0.15, -0.1) is 0 Å². The van der Waals surface area contributed by atoms with E-state index in [1.807, 2.05) is 42.2 Å². The molecule has 0 radical (unpaired) electrons. The van der Waals surface area contributed by atoms with Gasteiger partial charge in [-0.25, -0.2) is 4.79 Å². The highest BCUT2D eigenvalue weighted by Gasteiger charge is 2.51. The van der Waals surface area contributed by atoms with Crippen LogP contribution < -0.4 is 5.32 Å². The Morgan fingerprint density at radius 3 is 2.74 bits per heavy atom. The molecule has 5 nitrogen and oxygen atoms in total. The smallest absolute Gasteiger partial charge is 0.318 e. The first-order valence-electron chi connectivity index (χ1n) is 6.55. The third kappa shape index (κ3) is 1.85. The summed E-state index contributed by atoms with van der Waals surface area (Å²) in [6, 6.07) is 9.25. The fourth-order valence-corrected chi connectivity index (χ4v) is 3.00. The Morgan fingerprint density at radius 2 is 2.00 bits per heavy atom. The Hall–Kier alpha value is -2.04. The van der Waals surface area contributed by atoms with Crippen molar-refractivity contribution in [3.63, 3.8) is 0 Å². The molecule has 1 aromatic carbocycles. The molecule has 0 saturated carbocycles. The molecule has 1 N–H and O–H groups in total. The van der Waals surface area contributed by atoms with E-state index in [-0.39, 0.29) is 11.9 Å². The summed E-state index contributed by atoms with van der Waals surface area (Å²) in [7, 11) is 0. The first-order valence-corrected chi connectivity index (χ1v) is 6.55. The van der Waals surface area contributed by atoms with Gasteiger partial charge < -0.3 is 10.2 Å². The van der Waals surface area contributed by atoms with Crippen LogP contribution in [0.15, 0.2) is 30.3 Å². The Kier molecular flexibility index (Phi) is 2.69. The second kappa shape index (κ2) is 4.26. The van der Waals surface area contributed by atoms with Crippen molar-refractivity contribution in [3.8, 4) is 0 Å². The molecule has 19 heavy (non-hydrogen) atoms. The van der Waals surface area contributed by atoms with E-state index in [4.69, 9.17) is 0 Å². The SMILES string of the molecule is CC12CCC(=O)N1CCN2C(=O)Nc1ccccc1. The Balaban J connectivity index is 1.76. The van der Waals surface area contributed by atoms with E-state index in [1.54, 1.807) is 4.90 Å². The molecule has 0 aromatic heterocycles. The predicted octanol–water partition coefficient (Wildman–Crippen LogP) is 1.87.